The fourth-order valence-electron chi connectivity index (χ4n) is 1.60. The maximum atomic E-state index is 11.7. The van der Waals surface area contributed by atoms with Crippen molar-refractivity contribution >= 4 is 18.0 Å². The Labute approximate surface area is 128 Å². The van der Waals surface area contributed by atoms with Crippen LogP contribution in [0.1, 0.15) is 18.9 Å². The Kier molecular flexibility index (Phi) is 6.88. The molecular formula is C15H19NO6. The van der Waals surface area contributed by atoms with Crippen LogP contribution in [-0.2, 0) is 25.5 Å². The molecule has 1 N–H and O–H groups in total. The van der Waals surface area contributed by atoms with E-state index < -0.39 is 24.1 Å². The topological polar surface area (TPSA) is 90.9 Å². The second kappa shape index (κ2) is 8.66. The summed E-state index contributed by atoms with van der Waals surface area (Å²) in [5.41, 5.74) is 0.949. The van der Waals surface area contributed by atoms with Crippen molar-refractivity contribution < 1.29 is 28.6 Å². The highest BCUT2D eigenvalue weighted by Gasteiger charge is 2.19. The number of ether oxygens (including phenoxy) is 3. The first kappa shape index (κ1) is 17.5. The van der Waals surface area contributed by atoms with Crippen molar-refractivity contribution in [3.05, 3.63) is 29.8 Å². The molecule has 120 valence electrons. The first-order valence-electron chi connectivity index (χ1n) is 6.67. The number of imide groups is 1. The van der Waals surface area contributed by atoms with E-state index >= 15 is 0 Å². The summed E-state index contributed by atoms with van der Waals surface area (Å²) >= 11 is 0. The summed E-state index contributed by atoms with van der Waals surface area (Å²) in [4.78, 5) is 34.0. The van der Waals surface area contributed by atoms with Gasteiger partial charge < -0.3 is 14.2 Å². The average molecular weight is 309 g/mol. The zero-order chi connectivity index (χ0) is 16.5. The highest BCUT2D eigenvalue weighted by atomic mass is 16.6. The lowest BCUT2D eigenvalue weighted by atomic mass is 10.1. The minimum Gasteiger partial charge on any atom is -0.497 e. The molecule has 0 aromatic heterocycles. The van der Waals surface area contributed by atoms with Gasteiger partial charge in [-0.25, -0.2) is 4.79 Å². The summed E-state index contributed by atoms with van der Waals surface area (Å²) in [5, 5.41) is 1.93. The van der Waals surface area contributed by atoms with Crippen LogP contribution in [0.5, 0.6) is 5.75 Å². The molecule has 2 amide bonds. The van der Waals surface area contributed by atoms with Crippen LogP contribution in [0, 0.1) is 0 Å². The number of amides is 2. The summed E-state index contributed by atoms with van der Waals surface area (Å²) in [6.45, 7) is 1.38. The van der Waals surface area contributed by atoms with Crippen molar-refractivity contribution in [3.63, 3.8) is 0 Å². The number of methoxy groups -OCH3 is 2. The van der Waals surface area contributed by atoms with Crippen LogP contribution >= 0.6 is 0 Å². The number of hydrogen-bond donors (Lipinski definition) is 1. The highest BCUT2D eigenvalue weighted by Crippen LogP contribution is 2.13. The number of rotatable bonds is 6. The average Bonchev–Trinajstić information content (AvgIpc) is 2.53. The monoisotopic (exact) mass is 309 g/mol. The molecule has 1 aromatic rings. The molecule has 0 bridgehead atoms. The fraction of sp³-hybridized carbons (Fsp3) is 0.400. The minimum absolute atomic E-state index is 0.127. The molecule has 0 heterocycles. The summed E-state index contributed by atoms with van der Waals surface area (Å²) in [7, 11) is 2.71. The number of carbonyl (C=O) groups is 3. The Hall–Kier alpha value is -2.57. The Morgan fingerprint density at radius 2 is 1.77 bits per heavy atom. The van der Waals surface area contributed by atoms with E-state index in [2.05, 4.69) is 4.74 Å². The van der Waals surface area contributed by atoms with Gasteiger partial charge in [0.2, 0.25) is 0 Å². The van der Waals surface area contributed by atoms with Gasteiger partial charge in [-0.3, -0.25) is 14.9 Å². The van der Waals surface area contributed by atoms with Crippen molar-refractivity contribution in [2.24, 2.45) is 0 Å². The zero-order valence-electron chi connectivity index (χ0n) is 12.8. The predicted octanol–water partition coefficient (Wildman–Crippen LogP) is 1.44. The first-order valence-corrected chi connectivity index (χ1v) is 6.67. The normalized spacial score (nSPS) is 11.2. The van der Waals surface area contributed by atoms with Crippen molar-refractivity contribution in [2.75, 3.05) is 14.2 Å². The predicted molar refractivity (Wildman–Crippen MR) is 77.4 cm³/mol. The van der Waals surface area contributed by atoms with Gasteiger partial charge in [0.1, 0.15) is 5.75 Å². The summed E-state index contributed by atoms with van der Waals surface area (Å²) in [6, 6.07) is 7.29. The number of esters is 1. The van der Waals surface area contributed by atoms with Crippen LogP contribution in [0.4, 0.5) is 4.79 Å². The minimum atomic E-state index is -1.07. The number of alkyl carbamates (subject to hydrolysis) is 1. The molecule has 0 saturated heterocycles. The van der Waals surface area contributed by atoms with Crippen molar-refractivity contribution in [2.45, 2.75) is 25.9 Å². The Bertz CT molecular complexity index is 525. The second-order valence-corrected chi connectivity index (χ2v) is 4.46. The largest absolute Gasteiger partial charge is 0.497 e. The quantitative estimate of drug-likeness (QED) is 0.800. The molecule has 0 radical (unpaired) electrons. The zero-order valence-corrected chi connectivity index (χ0v) is 12.8. The van der Waals surface area contributed by atoms with E-state index in [0.717, 1.165) is 18.4 Å². The Morgan fingerprint density at radius 1 is 1.14 bits per heavy atom. The summed E-state index contributed by atoms with van der Waals surface area (Å²) in [5.74, 6) is -0.521. The number of hydrogen-bond acceptors (Lipinski definition) is 6. The van der Waals surface area contributed by atoms with Crippen LogP contribution in [0.15, 0.2) is 24.3 Å². The van der Waals surface area contributed by atoms with Crippen molar-refractivity contribution in [3.8, 4) is 5.75 Å². The molecule has 1 rings (SSSR count). The van der Waals surface area contributed by atoms with E-state index in [-0.39, 0.29) is 6.42 Å². The molecule has 0 aliphatic carbocycles. The van der Waals surface area contributed by atoms with Gasteiger partial charge in [-0.05, 0) is 31.0 Å². The van der Waals surface area contributed by atoms with Gasteiger partial charge in [-0.15, -0.1) is 0 Å². The molecule has 0 aliphatic heterocycles. The lowest BCUT2D eigenvalue weighted by Gasteiger charge is -2.12. The van der Waals surface area contributed by atoms with Gasteiger partial charge in [-0.2, -0.15) is 0 Å². The van der Waals surface area contributed by atoms with Crippen molar-refractivity contribution in [1.82, 2.24) is 5.32 Å². The van der Waals surface area contributed by atoms with Crippen LogP contribution in [0.25, 0.3) is 0 Å². The molecule has 7 heteroatoms. The van der Waals surface area contributed by atoms with Crippen LogP contribution < -0.4 is 10.1 Å². The van der Waals surface area contributed by atoms with E-state index in [1.165, 1.54) is 6.92 Å². The number of carbonyl (C=O) groups excluding carboxylic acids is 3. The number of aryl methyl sites for hydroxylation is 1. The SMILES string of the molecule is COC(=O)NC(=O)[C@@H](C)OC(=O)CCc1ccc(OC)cc1. The van der Waals surface area contributed by atoms with E-state index in [9.17, 15) is 14.4 Å². The molecular weight excluding hydrogens is 290 g/mol. The van der Waals surface area contributed by atoms with Gasteiger partial charge in [0.25, 0.3) is 5.91 Å². The number of nitrogens with one attached hydrogen (secondary N) is 1. The summed E-state index contributed by atoms with van der Waals surface area (Å²) < 4.78 is 14.3. The van der Waals surface area contributed by atoms with Crippen LogP contribution in [0.3, 0.4) is 0 Å². The van der Waals surface area contributed by atoms with Crippen LogP contribution in [-0.4, -0.2) is 38.3 Å². The van der Waals surface area contributed by atoms with E-state index in [4.69, 9.17) is 9.47 Å². The van der Waals surface area contributed by atoms with Gasteiger partial charge in [-0.1, -0.05) is 12.1 Å². The lowest BCUT2D eigenvalue weighted by Crippen LogP contribution is -2.39. The molecule has 22 heavy (non-hydrogen) atoms. The third-order valence-electron chi connectivity index (χ3n) is 2.86. The van der Waals surface area contributed by atoms with Crippen molar-refractivity contribution in [1.29, 1.82) is 0 Å². The number of benzene rings is 1. The maximum absolute atomic E-state index is 11.7. The second-order valence-electron chi connectivity index (χ2n) is 4.46. The smallest absolute Gasteiger partial charge is 0.413 e. The standard InChI is InChI=1S/C15H19NO6/c1-10(14(18)16-15(19)21-3)22-13(17)9-6-11-4-7-12(20-2)8-5-11/h4-5,7-8,10H,6,9H2,1-3H3,(H,16,18,19)/t10-/m1/s1. The molecule has 1 aromatic carbocycles. The molecule has 0 unspecified atom stereocenters. The third kappa shape index (κ3) is 5.82. The Morgan fingerprint density at radius 3 is 2.32 bits per heavy atom. The first-order chi connectivity index (χ1) is 10.5. The molecule has 0 fully saturated rings. The Balaban J connectivity index is 2.38. The van der Waals surface area contributed by atoms with Gasteiger partial charge in [0.05, 0.1) is 14.2 Å². The lowest BCUT2D eigenvalue weighted by molar-refractivity contribution is -0.154. The molecule has 7 nitrogen and oxygen atoms in total. The fourth-order valence-corrected chi connectivity index (χ4v) is 1.60. The van der Waals surface area contributed by atoms with Gasteiger partial charge in [0.15, 0.2) is 6.10 Å². The van der Waals surface area contributed by atoms with Crippen LogP contribution in [0.2, 0.25) is 0 Å². The van der Waals surface area contributed by atoms with E-state index in [1.807, 2.05) is 17.4 Å². The molecule has 0 saturated carbocycles. The van der Waals surface area contributed by atoms with Gasteiger partial charge >= 0.3 is 12.1 Å². The van der Waals surface area contributed by atoms with Gasteiger partial charge in [0, 0.05) is 6.42 Å². The molecule has 0 aliphatic rings. The highest BCUT2D eigenvalue weighted by molar-refractivity contribution is 5.94. The maximum Gasteiger partial charge on any atom is 0.413 e. The van der Waals surface area contributed by atoms with E-state index in [0.29, 0.717) is 6.42 Å². The summed E-state index contributed by atoms with van der Waals surface area (Å²) in [6.07, 6.45) is -1.36. The van der Waals surface area contributed by atoms with E-state index in [1.54, 1.807) is 19.2 Å². The molecule has 1 atom stereocenters. The third-order valence-corrected chi connectivity index (χ3v) is 2.86. The molecule has 0 spiro atoms.